The number of nitrogens with zero attached hydrogens (tertiary/aromatic N) is 2. The Labute approximate surface area is 148 Å². The second-order valence-corrected chi connectivity index (χ2v) is 5.47. The van der Waals surface area contributed by atoms with Gasteiger partial charge in [0.1, 0.15) is 6.26 Å². The first-order chi connectivity index (χ1) is 12.2. The normalized spacial score (nSPS) is 11.6. The molecule has 0 spiro atoms. The molecule has 1 aromatic carbocycles. The zero-order valence-electron chi connectivity index (χ0n) is 15.0. The number of aliphatic imine (C=N–C) groups is 1. The molecule has 0 aliphatic carbocycles. The van der Waals surface area contributed by atoms with Crippen molar-refractivity contribution in [3.8, 4) is 11.5 Å². The first-order valence-corrected chi connectivity index (χ1v) is 8.25. The molecule has 0 fully saturated rings. The van der Waals surface area contributed by atoms with Gasteiger partial charge in [0.25, 0.3) is 0 Å². The van der Waals surface area contributed by atoms with E-state index in [4.69, 9.17) is 13.9 Å². The molecule has 2 aromatic rings. The number of benzene rings is 1. The van der Waals surface area contributed by atoms with Gasteiger partial charge in [-0.3, -0.25) is 4.99 Å². The van der Waals surface area contributed by atoms with Gasteiger partial charge in [-0.05, 0) is 19.1 Å². The summed E-state index contributed by atoms with van der Waals surface area (Å²) in [5.41, 5.74) is 2.99. The average Bonchev–Trinajstić information content (AvgIpc) is 3.10. The molecule has 0 aliphatic heterocycles. The number of nitrogens with one attached hydrogen (secondary N) is 2. The van der Waals surface area contributed by atoms with Crippen molar-refractivity contribution in [1.29, 1.82) is 0 Å². The lowest BCUT2D eigenvalue weighted by Crippen LogP contribution is -2.38. The number of ether oxygens (including phenoxy) is 2. The summed E-state index contributed by atoms with van der Waals surface area (Å²) in [5, 5.41) is 6.37. The van der Waals surface area contributed by atoms with Crippen LogP contribution in [-0.2, 0) is 16.0 Å². The summed E-state index contributed by atoms with van der Waals surface area (Å²) in [4.78, 5) is 8.66. The molecule has 0 radical (unpaired) electrons. The van der Waals surface area contributed by atoms with Crippen LogP contribution in [0.5, 0.6) is 0 Å². The van der Waals surface area contributed by atoms with Crippen molar-refractivity contribution in [1.82, 2.24) is 15.6 Å². The fraction of sp³-hybridized carbons (Fsp3) is 0.444. The highest BCUT2D eigenvalue weighted by Crippen LogP contribution is 2.18. The molecule has 0 amide bonds. The maximum Gasteiger partial charge on any atom is 0.226 e. The molecule has 7 heteroatoms. The van der Waals surface area contributed by atoms with Crippen LogP contribution >= 0.6 is 0 Å². The highest BCUT2D eigenvalue weighted by atomic mass is 16.5. The monoisotopic (exact) mass is 346 g/mol. The number of hydrogen-bond acceptors (Lipinski definition) is 5. The fourth-order valence-electron chi connectivity index (χ4n) is 2.10. The van der Waals surface area contributed by atoms with Crippen LogP contribution in [0.25, 0.3) is 11.5 Å². The van der Waals surface area contributed by atoms with Crippen molar-refractivity contribution < 1.29 is 13.9 Å². The highest BCUT2D eigenvalue weighted by Gasteiger charge is 2.07. The van der Waals surface area contributed by atoms with E-state index in [1.165, 1.54) is 5.56 Å². The van der Waals surface area contributed by atoms with Gasteiger partial charge in [-0.2, -0.15) is 0 Å². The average molecular weight is 346 g/mol. The summed E-state index contributed by atoms with van der Waals surface area (Å²) in [6.07, 6.45) is 1.66. The van der Waals surface area contributed by atoms with Gasteiger partial charge in [-0.15, -0.1) is 0 Å². The van der Waals surface area contributed by atoms with Gasteiger partial charge in [0.15, 0.2) is 5.96 Å². The molecule has 0 saturated heterocycles. The summed E-state index contributed by atoms with van der Waals surface area (Å²) in [7, 11) is 3.38. The largest absolute Gasteiger partial charge is 0.444 e. The third kappa shape index (κ3) is 6.56. The minimum atomic E-state index is 0.527. The van der Waals surface area contributed by atoms with E-state index >= 15 is 0 Å². The summed E-state index contributed by atoms with van der Waals surface area (Å²) in [5.74, 6) is 1.31. The predicted octanol–water partition coefficient (Wildman–Crippen LogP) is 1.98. The third-order valence-corrected chi connectivity index (χ3v) is 3.48. The summed E-state index contributed by atoms with van der Waals surface area (Å²) in [6.45, 7) is 5.02. The van der Waals surface area contributed by atoms with Gasteiger partial charge in [-0.1, -0.05) is 17.7 Å². The standard InChI is InChI=1S/C18H26N4O3/c1-14-4-6-15(7-5-14)17-22-16(13-25-17)12-21-18(19-2)20-8-9-24-11-10-23-3/h4-7,13H,8-12H2,1-3H3,(H2,19,20,21). The van der Waals surface area contributed by atoms with Crippen LogP contribution in [0.2, 0.25) is 0 Å². The molecule has 2 N–H and O–H groups in total. The number of guanidine groups is 1. The van der Waals surface area contributed by atoms with E-state index < -0.39 is 0 Å². The molecule has 0 unspecified atom stereocenters. The SMILES string of the molecule is CN=C(NCCOCCOC)NCc1coc(-c2ccc(C)cc2)n1. The maximum absolute atomic E-state index is 5.55. The molecule has 0 aliphatic rings. The molecule has 136 valence electrons. The Morgan fingerprint density at radius 3 is 2.68 bits per heavy atom. The van der Waals surface area contributed by atoms with Crippen LogP contribution in [0, 0.1) is 6.92 Å². The zero-order valence-corrected chi connectivity index (χ0v) is 15.0. The predicted molar refractivity (Wildman–Crippen MR) is 97.6 cm³/mol. The Balaban J connectivity index is 1.75. The van der Waals surface area contributed by atoms with E-state index in [9.17, 15) is 0 Å². The molecule has 25 heavy (non-hydrogen) atoms. The molecule has 0 saturated carbocycles. The molecule has 1 heterocycles. The molecule has 7 nitrogen and oxygen atoms in total. The maximum atomic E-state index is 5.55. The van der Waals surface area contributed by atoms with Crippen molar-refractivity contribution in [2.75, 3.05) is 40.5 Å². The number of methoxy groups -OCH3 is 1. The number of aromatic nitrogens is 1. The minimum Gasteiger partial charge on any atom is -0.444 e. The van der Waals surface area contributed by atoms with Crippen molar-refractivity contribution in [3.63, 3.8) is 0 Å². The van der Waals surface area contributed by atoms with Crippen LogP contribution in [0.4, 0.5) is 0 Å². The molecule has 2 rings (SSSR count). The zero-order chi connectivity index (χ0) is 17.9. The van der Waals surface area contributed by atoms with Crippen molar-refractivity contribution in [3.05, 3.63) is 41.8 Å². The van der Waals surface area contributed by atoms with E-state index in [2.05, 4.69) is 27.5 Å². The first-order valence-electron chi connectivity index (χ1n) is 8.25. The van der Waals surface area contributed by atoms with E-state index in [-0.39, 0.29) is 0 Å². The van der Waals surface area contributed by atoms with E-state index in [0.717, 1.165) is 11.3 Å². The summed E-state index contributed by atoms with van der Waals surface area (Å²) < 4.78 is 15.9. The lowest BCUT2D eigenvalue weighted by Gasteiger charge is -2.10. The second-order valence-electron chi connectivity index (χ2n) is 5.47. The first kappa shape index (κ1) is 19.0. The van der Waals surface area contributed by atoms with Crippen LogP contribution in [0.3, 0.4) is 0 Å². The Bertz CT molecular complexity index is 653. The van der Waals surface area contributed by atoms with Gasteiger partial charge in [-0.25, -0.2) is 4.98 Å². The topological polar surface area (TPSA) is 80.9 Å². The lowest BCUT2D eigenvalue weighted by atomic mass is 10.1. The Hall–Kier alpha value is -2.38. The van der Waals surface area contributed by atoms with Crippen molar-refractivity contribution in [2.45, 2.75) is 13.5 Å². The van der Waals surface area contributed by atoms with E-state index in [0.29, 0.717) is 44.8 Å². The molecule has 0 atom stereocenters. The van der Waals surface area contributed by atoms with E-state index in [1.54, 1.807) is 20.4 Å². The van der Waals surface area contributed by atoms with Gasteiger partial charge >= 0.3 is 0 Å². The number of rotatable bonds is 9. The van der Waals surface area contributed by atoms with Crippen LogP contribution in [0.15, 0.2) is 39.9 Å². The quantitative estimate of drug-likeness (QED) is 0.410. The Morgan fingerprint density at radius 1 is 1.16 bits per heavy atom. The summed E-state index contributed by atoms with van der Waals surface area (Å²) in [6, 6.07) is 8.08. The van der Waals surface area contributed by atoms with Gasteiger partial charge in [0.05, 0.1) is 32.1 Å². The van der Waals surface area contributed by atoms with Crippen LogP contribution < -0.4 is 10.6 Å². The fourth-order valence-corrected chi connectivity index (χ4v) is 2.10. The molecular formula is C18H26N4O3. The highest BCUT2D eigenvalue weighted by molar-refractivity contribution is 5.79. The minimum absolute atomic E-state index is 0.527. The number of aryl methyl sites for hydroxylation is 1. The second kappa shape index (κ2) is 10.5. The van der Waals surface area contributed by atoms with Crippen LogP contribution in [-0.4, -0.2) is 51.5 Å². The third-order valence-electron chi connectivity index (χ3n) is 3.48. The number of oxazole rings is 1. The summed E-state index contributed by atoms with van der Waals surface area (Å²) >= 11 is 0. The van der Waals surface area contributed by atoms with Crippen molar-refractivity contribution in [2.24, 2.45) is 4.99 Å². The van der Waals surface area contributed by atoms with E-state index in [1.807, 2.05) is 24.3 Å². The number of hydrogen-bond donors (Lipinski definition) is 2. The molecule has 0 bridgehead atoms. The van der Waals surface area contributed by atoms with Crippen LogP contribution in [0.1, 0.15) is 11.3 Å². The Kier molecular flexibility index (Phi) is 7.94. The van der Waals surface area contributed by atoms with Gasteiger partial charge < -0.3 is 24.5 Å². The Morgan fingerprint density at radius 2 is 1.96 bits per heavy atom. The smallest absolute Gasteiger partial charge is 0.226 e. The van der Waals surface area contributed by atoms with Crippen molar-refractivity contribution >= 4 is 5.96 Å². The van der Waals surface area contributed by atoms with Gasteiger partial charge in [0, 0.05) is 26.3 Å². The van der Waals surface area contributed by atoms with Gasteiger partial charge in [0.2, 0.25) is 5.89 Å². The lowest BCUT2D eigenvalue weighted by molar-refractivity contribution is 0.0733. The molecule has 1 aromatic heterocycles. The molecular weight excluding hydrogens is 320 g/mol.